The molecule has 0 fully saturated rings. The van der Waals surface area contributed by atoms with Crippen molar-refractivity contribution in [2.24, 2.45) is 7.05 Å². The minimum Gasteiger partial charge on any atom is -0.382 e. The third kappa shape index (κ3) is 1.98. The molecule has 5 nitrogen and oxygen atoms in total. The van der Waals surface area contributed by atoms with Gasteiger partial charge in [-0.25, -0.2) is 4.68 Å². The van der Waals surface area contributed by atoms with Gasteiger partial charge in [0.25, 0.3) is 0 Å². The first-order valence-electron chi connectivity index (χ1n) is 4.75. The van der Waals surface area contributed by atoms with Crippen LogP contribution in [0.25, 0.3) is 0 Å². The lowest BCUT2D eigenvalue weighted by molar-refractivity contribution is 0.208. The summed E-state index contributed by atoms with van der Waals surface area (Å²) < 4.78 is 2.08. The van der Waals surface area contributed by atoms with Gasteiger partial charge in [0.15, 0.2) is 4.60 Å². The standard InChI is InChI=1S/C10H11BrN4O/c1-6-3-4-7(5-12-6)9(16)8-10(11)13-14-15(8)2/h3-5,9,16H,1-2H3. The second-order valence-corrected chi connectivity index (χ2v) is 4.28. The first kappa shape index (κ1) is 11.2. The highest BCUT2D eigenvalue weighted by atomic mass is 79.9. The maximum absolute atomic E-state index is 10.2. The predicted molar refractivity (Wildman–Crippen MR) is 61.7 cm³/mol. The summed E-state index contributed by atoms with van der Waals surface area (Å²) in [6, 6.07) is 3.70. The van der Waals surface area contributed by atoms with Crippen molar-refractivity contribution in [1.82, 2.24) is 20.0 Å². The summed E-state index contributed by atoms with van der Waals surface area (Å²) in [5.74, 6) is 0. The number of rotatable bonds is 2. The second-order valence-electron chi connectivity index (χ2n) is 3.52. The third-order valence-electron chi connectivity index (χ3n) is 2.34. The van der Waals surface area contributed by atoms with Crippen LogP contribution in [0.3, 0.4) is 0 Å². The zero-order valence-corrected chi connectivity index (χ0v) is 10.5. The second kappa shape index (κ2) is 4.31. The molecule has 0 saturated carbocycles. The third-order valence-corrected chi connectivity index (χ3v) is 2.90. The van der Waals surface area contributed by atoms with Gasteiger partial charge in [-0.1, -0.05) is 11.3 Å². The van der Waals surface area contributed by atoms with E-state index in [1.807, 2.05) is 19.1 Å². The fourth-order valence-electron chi connectivity index (χ4n) is 1.43. The van der Waals surface area contributed by atoms with Crippen molar-refractivity contribution < 1.29 is 5.11 Å². The molecular weight excluding hydrogens is 272 g/mol. The highest BCUT2D eigenvalue weighted by molar-refractivity contribution is 9.10. The van der Waals surface area contributed by atoms with Crippen molar-refractivity contribution in [2.45, 2.75) is 13.0 Å². The Morgan fingerprint density at radius 2 is 2.19 bits per heavy atom. The Hall–Kier alpha value is -1.27. The quantitative estimate of drug-likeness (QED) is 0.904. The van der Waals surface area contributed by atoms with Crippen LogP contribution in [-0.4, -0.2) is 25.1 Å². The van der Waals surface area contributed by atoms with Crippen molar-refractivity contribution in [3.63, 3.8) is 0 Å². The van der Waals surface area contributed by atoms with E-state index in [4.69, 9.17) is 0 Å². The number of aliphatic hydroxyl groups excluding tert-OH is 1. The number of aliphatic hydroxyl groups is 1. The molecule has 0 radical (unpaired) electrons. The van der Waals surface area contributed by atoms with Crippen molar-refractivity contribution in [1.29, 1.82) is 0 Å². The van der Waals surface area contributed by atoms with E-state index in [0.717, 1.165) is 11.3 Å². The summed E-state index contributed by atoms with van der Waals surface area (Å²) in [6.45, 7) is 1.90. The molecule has 0 bridgehead atoms. The van der Waals surface area contributed by atoms with Crippen LogP contribution in [0.2, 0.25) is 0 Å². The fourth-order valence-corrected chi connectivity index (χ4v) is 1.97. The van der Waals surface area contributed by atoms with Gasteiger partial charge in [-0.2, -0.15) is 0 Å². The molecule has 0 saturated heterocycles. The van der Waals surface area contributed by atoms with Gasteiger partial charge in [0.05, 0.1) is 0 Å². The van der Waals surface area contributed by atoms with E-state index in [0.29, 0.717) is 10.3 Å². The van der Waals surface area contributed by atoms with Crippen LogP contribution in [0, 0.1) is 6.92 Å². The molecule has 2 aromatic rings. The molecule has 1 atom stereocenters. The SMILES string of the molecule is Cc1ccc(C(O)c2c(Br)nnn2C)cn1. The molecule has 0 aliphatic carbocycles. The van der Waals surface area contributed by atoms with Gasteiger partial charge in [0, 0.05) is 24.5 Å². The molecule has 0 amide bonds. The number of pyridine rings is 1. The Labute approximate surface area is 101 Å². The van der Waals surface area contributed by atoms with Crippen LogP contribution in [0.1, 0.15) is 23.1 Å². The first-order chi connectivity index (χ1) is 7.59. The van der Waals surface area contributed by atoms with Crippen LogP contribution in [0.4, 0.5) is 0 Å². The Bertz CT molecular complexity index is 475. The molecule has 0 aromatic carbocycles. The van der Waals surface area contributed by atoms with E-state index in [1.165, 1.54) is 4.68 Å². The van der Waals surface area contributed by atoms with Crippen molar-refractivity contribution in [3.8, 4) is 0 Å². The van der Waals surface area contributed by atoms with Crippen LogP contribution in [0.15, 0.2) is 22.9 Å². The fraction of sp³-hybridized carbons (Fsp3) is 0.300. The molecule has 16 heavy (non-hydrogen) atoms. The van der Waals surface area contributed by atoms with Gasteiger partial charge < -0.3 is 5.11 Å². The molecular formula is C10H11BrN4O. The van der Waals surface area contributed by atoms with Crippen LogP contribution in [-0.2, 0) is 7.05 Å². The lowest BCUT2D eigenvalue weighted by Crippen LogP contribution is -2.07. The van der Waals surface area contributed by atoms with Gasteiger partial charge in [-0.15, -0.1) is 5.10 Å². The molecule has 6 heteroatoms. The smallest absolute Gasteiger partial charge is 0.154 e. The van der Waals surface area contributed by atoms with E-state index in [9.17, 15) is 5.11 Å². The van der Waals surface area contributed by atoms with Gasteiger partial charge in [-0.3, -0.25) is 4.98 Å². The number of hydrogen-bond donors (Lipinski definition) is 1. The largest absolute Gasteiger partial charge is 0.382 e. The summed E-state index contributed by atoms with van der Waals surface area (Å²) in [7, 11) is 1.73. The summed E-state index contributed by atoms with van der Waals surface area (Å²) in [5.41, 5.74) is 2.25. The average molecular weight is 283 g/mol. The van der Waals surface area contributed by atoms with E-state index in [-0.39, 0.29) is 0 Å². The molecule has 0 aliphatic rings. The molecule has 2 aromatic heterocycles. The molecule has 1 unspecified atom stereocenters. The summed E-state index contributed by atoms with van der Waals surface area (Å²) in [6.07, 6.45) is 0.877. The Morgan fingerprint density at radius 1 is 1.44 bits per heavy atom. The number of aromatic nitrogens is 4. The average Bonchev–Trinajstić information content (AvgIpc) is 2.59. The lowest BCUT2D eigenvalue weighted by Gasteiger charge is -2.10. The van der Waals surface area contributed by atoms with Crippen molar-refractivity contribution in [2.75, 3.05) is 0 Å². The number of nitrogens with zero attached hydrogens (tertiary/aromatic N) is 4. The first-order valence-corrected chi connectivity index (χ1v) is 5.54. The maximum atomic E-state index is 10.2. The Morgan fingerprint density at radius 3 is 2.69 bits per heavy atom. The predicted octanol–water partition coefficient (Wildman–Crippen LogP) is 1.36. The maximum Gasteiger partial charge on any atom is 0.154 e. The van der Waals surface area contributed by atoms with Gasteiger partial charge in [0.1, 0.15) is 11.8 Å². The van der Waals surface area contributed by atoms with Crippen molar-refractivity contribution >= 4 is 15.9 Å². The minimum absolute atomic E-state index is 0.545. The van der Waals surface area contributed by atoms with E-state index in [2.05, 4.69) is 31.2 Å². The molecule has 84 valence electrons. The summed E-state index contributed by atoms with van der Waals surface area (Å²) in [5, 5.41) is 17.8. The molecule has 0 spiro atoms. The Balaban J connectivity index is 2.39. The topological polar surface area (TPSA) is 63.8 Å². The highest BCUT2D eigenvalue weighted by Crippen LogP contribution is 2.25. The molecule has 1 N–H and O–H groups in total. The van der Waals surface area contributed by atoms with Crippen LogP contribution in [0.5, 0.6) is 0 Å². The lowest BCUT2D eigenvalue weighted by atomic mass is 10.1. The number of halogens is 1. The number of hydrogen-bond acceptors (Lipinski definition) is 4. The summed E-state index contributed by atoms with van der Waals surface area (Å²) >= 11 is 3.25. The van der Waals surface area contributed by atoms with E-state index >= 15 is 0 Å². The van der Waals surface area contributed by atoms with E-state index in [1.54, 1.807) is 13.2 Å². The minimum atomic E-state index is -0.775. The molecule has 2 rings (SSSR count). The van der Waals surface area contributed by atoms with Crippen LogP contribution < -0.4 is 0 Å². The zero-order valence-electron chi connectivity index (χ0n) is 8.92. The zero-order chi connectivity index (χ0) is 11.7. The van der Waals surface area contributed by atoms with Gasteiger partial charge in [0.2, 0.25) is 0 Å². The Kier molecular flexibility index (Phi) is 3.02. The van der Waals surface area contributed by atoms with E-state index < -0.39 is 6.10 Å². The highest BCUT2D eigenvalue weighted by Gasteiger charge is 2.19. The van der Waals surface area contributed by atoms with Gasteiger partial charge in [-0.05, 0) is 28.9 Å². The van der Waals surface area contributed by atoms with Crippen LogP contribution >= 0.6 is 15.9 Å². The normalized spacial score (nSPS) is 12.8. The molecule has 0 aliphatic heterocycles. The molecule has 2 heterocycles. The van der Waals surface area contributed by atoms with Crippen molar-refractivity contribution in [3.05, 3.63) is 39.9 Å². The summed E-state index contributed by atoms with van der Waals surface area (Å²) in [4.78, 5) is 4.14. The number of aryl methyl sites for hydroxylation is 2. The van der Waals surface area contributed by atoms with Gasteiger partial charge >= 0.3 is 0 Å². The monoisotopic (exact) mass is 282 g/mol.